The summed E-state index contributed by atoms with van der Waals surface area (Å²) >= 11 is 0. The van der Waals surface area contributed by atoms with Crippen LogP contribution in [0.15, 0.2) is 77.9 Å². The Morgan fingerprint density at radius 3 is 2.59 bits per heavy atom. The second kappa shape index (κ2) is 10.6. The quantitative estimate of drug-likeness (QED) is 0.227. The molecule has 1 aromatic heterocycles. The molecule has 10 nitrogen and oxygen atoms in total. The van der Waals surface area contributed by atoms with Crippen LogP contribution in [-0.4, -0.2) is 52.4 Å². The van der Waals surface area contributed by atoms with Crippen LogP contribution >= 0.6 is 0 Å². The highest BCUT2D eigenvalue weighted by molar-refractivity contribution is 6.19. The van der Waals surface area contributed by atoms with Gasteiger partial charge in [0.2, 0.25) is 12.1 Å². The van der Waals surface area contributed by atoms with Crippen LogP contribution in [0, 0.1) is 16.7 Å². The standard InChI is InChI=1S/C27H27N7O3/c28-23(20-10-6-12-30-24(20)31-15-16-13-18(35)14-16)37-27(29)34-25-26(36)32-21-11-5-4-9-19(21)22(33-25)17-7-2-1-3-8-17/h1-12,16,18,25,28,35H,13-15H2,(H2,29,34)(H,30,31)(H,32,36). The minimum atomic E-state index is -1.15. The van der Waals surface area contributed by atoms with E-state index in [1.54, 1.807) is 24.4 Å². The molecule has 10 heteroatoms. The number of fused-ring (bicyclic) bond motifs is 1. The predicted molar refractivity (Wildman–Crippen MR) is 141 cm³/mol. The fraction of sp³-hybridized carbons (Fsp3) is 0.222. The number of aliphatic hydroxyl groups is 1. The van der Waals surface area contributed by atoms with E-state index in [-0.39, 0.29) is 12.0 Å². The Balaban J connectivity index is 1.31. The van der Waals surface area contributed by atoms with Crippen molar-refractivity contribution >= 4 is 35.0 Å². The number of benzodiazepines with no additional fused rings is 1. The number of rotatable bonds is 6. The van der Waals surface area contributed by atoms with E-state index in [0.29, 0.717) is 35.2 Å². The molecule has 2 heterocycles. The molecule has 0 radical (unpaired) electrons. The van der Waals surface area contributed by atoms with E-state index >= 15 is 0 Å². The molecule has 2 aromatic carbocycles. The summed E-state index contributed by atoms with van der Waals surface area (Å²) in [5, 5.41) is 35.0. The molecule has 1 atom stereocenters. The molecule has 3 aromatic rings. The van der Waals surface area contributed by atoms with Gasteiger partial charge in [0.15, 0.2) is 0 Å². The van der Waals surface area contributed by atoms with Gasteiger partial charge in [-0.15, -0.1) is 0 Å². The highest BCUT2D eigenvalue weighted by Gasteiger charge is 2.28. The van der Waals surface area contributed by atoms with Gasteiger partial charge in [-0.1, -0.05) is 48.5 Å². The minimum Gasteiger partial charge on any atom is -0.407 e. The van der Waals surface area contributed by atoms with E-state index in [1.807, 2.05) is 48.5 Å². The summed E-state index contributed by atoms with van der Waals surface area (Å²) < 4.78 is 5.44. The summed E-state index contributed by atoms with van der Waals surface area (Å²) in [6.45, 7) is 0.615. The number of carbonyl (C=O) groups is 1. The first-order valence-corrected chi connectivity index (χ1v) is 12.0. The normalized spacial score (nSPS) is 20.3. The van der Waals surface area contributed by atoms with Gasteiger partial charge in [0.25, 0.3) is 11.9 Å². The fourth-order valence-corrected chi connectivity index (χ4v) is 4.33. The Morgan fingerprint density at radius 2 is 1.81 bits per heavy atom. The van der Waals surface area contributed by atoms with E-state index in [9.17, 15) is 9.90 Å². The molecule has 1 aliphatic carbocycles. The summed E-state index contributed by atoms with van der Waals surface area (Å²) in [4.78, 5) is 21.9. The Morgan fingerprint density at radius 1 is 1.05 bits per heavy atom. The van der Waals surface area contributed by atoms with Crippen LogP contribution in [0.2, 0.25) is 0 Å². The number of hydrogen-bond acceptors (Lipinski definition) is 8. The minimum absolute atomic E-state index is 0.248. The van der Waals surface area contributed by atoms with Crippen molar-refractivity contribution < 1.29 is 14.6 Å². The molecule has 0 spiro atoms. The van der Waals surface area contributed by atoms with Gasteiger partial charge in [-0.05, 0) is 37.0 Å². The van der Waals surface area contributed by atoms with E-state index in [1.165, 1.54) is 0 Å². The number of para-hydroxylation sites is 1. The number of pyridine rings is 1. The van der Waals surface area contributed by atoms with E-state index < -0.39 is 18.1 Å². The molecule has 188 valence electrons. The Hall–Kier alpha value is -4.57. The molecular formula is C27H27N7O3. The Kier molecular flexibility index (Phi) is 6.91. The summed E-state index contributed by atoms with van der Waals surface area (Å²) in [6.07, 6.45) is 1.67. The molecule has 1 aliphatic heterocycles. The monoisotopic (exact) mass is 497 g/mol. The van der Waals surface area contributed by atoms with Crippen molar-refractivity contribution in [1.82, 2.24) is 10.3 Å². The number of amides is 1. The molecule has 1 amide bonds. The number of anilines is 2. The second-order valence-corrected chi connectivity index (χ2v) is 8.96. The van der Waals surface area contributed by atoms with Gasteiger partial charge in [-0.25, -0.2) is 9.98 Å². The zero-order chi connectivity index (χ0) is 25.8. The number of carbonyl (C=O) groups excluding carboxylic acids is 1. The maximum atomic E-state index is 13.0. The van der Waals surface area contributed by atoms with Crippen LogP contribution in [0.4, 0.5) is 11.5 Å². The summed E-state index contributed by atoms with van der Waals surface area (Å²) in [5.41, 5.74) is 3.17. The van der Waals surface area contributed by atoms with E-state index in [2.05, 4.69) is 25.9 Å². The van der Waals surface area contributed by atoms with Crippen LogP contribution in [0.5, 0.6) is 0 Å². The van der Waals surface area contributed by atoms with Crippen LogP contribution in [0.25, 0.3) is 0 Å². The van der Waals surface area contributed by atoms with Crippen LogP contribution < -0.4 is 16.0 Å². The highest BCUT2D eigenvalue weighted by Crippen LogP contribution is 2.28. The zero-order valence-corrected chi connectivity index (χ0v) is 19.9. The third-order valence-electron chi connectivity index (χ3n) is 6.29. The lowest BCUT2D eigenvalue weighted by Gasteiger charge is -2.31. The van der Waals surface area contributed by atoms with Gasteiger partial charge < -0.3 is 25.8 Å². The number of aliphatic imine (C=N–C) groups is 1. The number of aliphatic hydroxyl groups excluding tert-OH is 1. The largest absolute Gasteiger partial charge is 0.407 e. The molecule has 37 heavy (non-hydrogen) atoms. The van der Waals surface area contributed by atoms with Crippen LogP contribution in [0.1, 0.15) is 29.5 Å². The third-order valence-corrected chi connectivity index (χ3v) is 6.29. The smallest absolute Gasteiger partial charge is 0.290 e. The fourth-order valence-electron chi connectivity index (χ4n) is 4.33. The number of nitrogens with zero attached hydrogens (tertiary/aromatic N) is 2. The molecule has 1 unspecified atom stereocenters. The summed E-state index contributed by atoms with van der Waals surface area (Å²) in [5.74, 6) is 0.0409. The number of ether oxygens (including phenoxy) is 1. The number of nitrogens with one attached hydrogen (secondary N) is 5. The van der Waals surface area contributed by atoms with Crippen molar-refractivity contribution in [3.8, 4) is 0 Å². The number of amidine groups is 1. The SMILES string of the molecule is N=C(NC1N=C(c2ccccc2)c2ccccc2NC1=O)OC(=N)c1cccnc1NCC1CC(O)C1. The predicted octanol–water partition coefficient (Wildman–Crippen LogP) is 2.95. The van der Waals surface area contributed by atoms with Gasteiger partial charge in [-0.3, -0.25) is 15.6 Å². The van der Waals surface area contributed by atoms with Crippen molar-refractivity contribution in [2.24, 2.45) is 10.9 Å². The summed E-state index contributed by atoms with van der Waals surface area (Å²) in [7, 11) is 0. The van der Waals surface area contributed by atoms with Crippen molar-refractivity contribution in [2.45, 2.75) is 25.1 Å². The van der Waals surface area contributed by atoms with Gasteiger partial charge in [0, 0.05) is 23.9 Å². The number of hydrogen-bond donors (Lipinski definition) is 6. The first-order valence-electron chi connectivity index (χ1n) is 12.0. The Bertz CT molecular complexity index is 1350. The molecule has 1 saturated carbocycles. The van der Waals surface area contributed by atoms with Crippen LogP contribution in [-0.2, 0) is 9.53 Å². The third kappa shape index (κ3) is 5.49. The van der Waals surface area contributed by atoms with E-state index in [4.69, 9.17) is 15.6 Å². The maximum Gasteiger partial charge on any atom is 0.290 e. The number of aromatic nitrogens is 1. The first kappa shape index (κ1) is 24.1. The molecular weight excluding hydrogens is 470 g/mol. The molecule has 6 N–H and O–H groups in total. The van der Waals surface area contributed by atoms with Gasteiger partial charge >= 0.3 is 0 Å². The second-order valence-electron chi connectivity index (χ2n) is 8.96. The zero-order valence-electron chi connectivity index (χ0n) is 19.9. The van der Waals surface area contributed by atoms with Crippen molar-refractivity contribution in [3.63, 3.8) is 0 Å². The highest BCUT2D eigenvalue weighted by atomic mass is 16.5. The van der Waals surface area contributed by atoms with Gasteiger partial charge in [0.05, 0.1) is 23.1 Å². The molecule has 0 saturated heterocycles. The average Bonchev–Trinajstić information content (AvgIpc) is 3.02. The lowest BCUT2D eigenvalue weighted by molar-refractivity contribution is -0.117. The van der Waals surface area contributed by atoms with Gasteiger partial charge in [0.1, 0.15) is 5.82 Å². The van der Waals surface area contributed by atoms with Crippen molar-refractivity contribution in [1.29, 1.82) is 10.8 Å². The first-order chi connectivity index (χ1) is 18.0. The van der Waals surface area contributed by atoms with E-state index in [0.717, 1.165) is 24.0 Å². The maximum absolute atomic E-state index is 13.0. The molecule has 2 aliphatic rings. The summed E-state index contributed by atoms with van der Waals surface area (Å²) in [6, 6.07) is 19.7. The van der Waals surface area contributed by atoms with Gasteiger partial charge in [-0.2, -0.15) is 0 Å². The molecule has 0 bridgehead atoms. The lowest BCUT2D eigenvalue weighted by Crippen LogP contribution is -2.43. The Labute approximate surface area is 213 Å². The topological polar surface area (TPSA) is 156 Å². The molecule has 5 rings (SSSR count). The van der Waals surface area contributed by atoms with Crippen LogP contribution in [0.3, 0.4) is 0 Å². The molecule has 1 fully saturated rings. The van der Waals surface area contributed by atoms with Crippen molar-refractivity contribution in [3.05, 3.63) is 89.6 Å². The average molecular weight is 498 g/mol. The lowest BCUT2D eigenvalue weighted by atomic mass is 9.82. The van der Waals surface area contributed by atoms with Crippen molar-refractivity contribution in [2.75, 3.05) is 17.2 Å². The number of benzene rings is 2.